The molecule has 74 valence electrons. The molecule has 1 saturated carbocycles. The van der Waals surface area contributed by atoms with Crippen LogP contribution < -0.4 is 0 Å². The molecule has 3 aliphatic carbocycles. The molecule has 0 spiro atoms. The fourth-order valence-electron chi connectivity index (χ4n) is 3.21. The molecule has 0 amide bonds. The van der Waals surface area contributed by atoms with Gasteiger partial charge in [0.15, 0.2) is 0 Å². The van der Waals surface area contributed by atoms with E-state index >= 15 is 0 Å². The summed E-state index contributed by atoms with van der Waals surface area (Å²) in [7, 11) is 0. The van der Waals surface area contributed by atoms with Crippen molar-refractivity contribution in [3.63, 3.8) is 0 Å². The number of rotatable bonds is 0. The Morgan fingerprint density at radius 2 is 1.77 bits per heavy atom. The fourth-order valence-corrected chi connectivity index (χ4v) is 3.21. The van der Waals surface area contributed by atoms with Gasteiger partial charge in [0, 0.05) is 0 Å². The summed E-state index contributed by atoms with van der Waals surface area (Å²) in [5, 5.41) is 0. The number of fused-ring (bicyclic) bond motifs is 1. The Hall–Kier alpha value is -0.260. The van der Waals surface area contributed by atoms with E-state index in [-0.39, 0.29) is 0 Å². The van der Waals surface area contributed by atoms with Gasteiger partial charge in [-0.2, -0.15) is 0 Å². The van der Waals surface area contributed by atoms with Crippen LogP contribution in [0.4, 0.5) is 0 Å². The second kappa shape index (κ2) is 2.40. The molecule has 3 rings (SSSR count). The molecule has 3 aliphatic rings. The molecule has 2 bridgehead atoms. The molecule has 0 nitrogen and oxygen atoms in total. The molecule has 0 saturated heterocycles. The largest absolute Gasteiger partial charge is 0.0846 e. The van der Waals surface area contributed by atoms with Crippen molar-refractivity contribution in [2.24, 2.45) is 28.6 Å². The lowest BCUT2D eigenvalue weighted by Crippen LogP contribution is -2.52. The summed E-state index contributed by atoms with van der Waals surface area (Å²) < 4.78 is 0. The normalized spacial score (nSPS) is 41.5. The summed E-state index contributed by atoms with van der Waals surface area (Å²) in [6, 6.07) is 0. The predicted molar refractivity (Wildman–Crippen MR) is 57.5 cm³/mol. The van der Waals surface area contributed by atoms with Crippen LogP contribution >= 0.6 is 0 Å². The van der Waals surface area contributed by atoms with Crippen molar-refractivity contribution >= 4 is 0 Å². The average molecular weight is 178 g/mol. The van der Waals surface area contributed by atoms with E-state index in [1.165, 1.54) is 6.42 Å². The first kappa shape index (κ1) is 9.30. The van der Waals surface area contributed by atoms with Crippen LogP contribution in [0.15, 0.2) is 12.2 Å². The summed E-state index contributed by atoms with van der Waals surface area (Å²) in [5.74, 6) is 2.60. The Morgan fingerprint density at radius 1 is 1.15 bits per heavy atom. The summed E-state index contributed by atoms with van der Waals surface area (Å²) >= 11 is 0. The highest BCUT2D eigenvalue weighted by Gasteiger charge is 2.54. The van der Waals surface area contributed by atoms with E-state index in [4.69, 9.17) is 0 Å². The van der Waals surface area contributed by atoms with Gasteiger partial charge in [0.2, 0.25) is 0 Å². The lowest BCUT2D eigenvalue weighted by atomic mass is 9.45. The molecule has 0 N–H and O–H groups in total. The van der Waals surface area contributed by atoms with Crippen molar-refractivity contribution in [2.45, 2.75) is 41.0 Å². The Bertz CT molecular complexity index is 239. The SMILES string of the molecule is CC(C)(C)C1C=C[C@H]2C[C@@H]1C2(C)C. The van der Waals surface area contributed by atoms with Crippen molar-refractivity contribution in [1.29, 1.82) is 0 Å². The minimum absolute atomic E-state index is 0.448. The van der Waals surface area contributed by atoms with Gasteiger partial charge in [-0.25, -0.2) is 0 Å². The molecule has 0 heterocycles. The van der Waals surface area contributed by atoms with Gasteiger partial charge in [0.25, 0.3) is 0 Å². The highest BCUT2D eigenvalue weighted by molar-refractivity contribution is 5.18. The standard InChI is InChI=1S/C13H22/c1-12(2,3)10-7-6-9-8-11(10)13(9,4)5/h6-7,9-11H,8H2,1-5H3/t9-,10?,11-/m0/s1. The van der Waals surface area contributed by atoms with Gasteiger partial charge >= 0.3 is 0 Å². The van der Waals surface area contributed by atoms with Crippen LogP contribution in [0, 0.1) is 28.6 Å². The first-order valence-electron chi connectivity index (χ1n) is 5.52. The summed E-state index contributed by atoms with van der Waals surface area (Å²) in [6.07, 6.45) is 6.38. The predicted octanol–water partition coefficient (Wildman–Crippen LogP) is 3.88. The topological polar surface area (TPSA) is 0 Å². The van der Waals surface area contributed by atoms with E-state index in [1.807, 2.05) is 0 Å². The van der Waals surface area contributed by atoms with E-state index in [2.05, 4.69) is 46.8 Å². The van der Waals surface area contributed by atoms with Gasteiger partial charge < -0.3 is 0 Å². The van der Waals surface area contributed by atoms with Crippen LogP contribution in [-0.2, 0) is 0 Å². The van der Waals surface area contributed by atoms with Crippen molar-refractivity contribution in [2.75, 3.05) is 0 Å². The highest BCUT2D eigenvalue weighted by atomic mass is 14.6. The molecule has 0 aromatic carbocycles. The van der Waals surface area contributed by atoms with E-state index < -0.39 is 0 Å². The van der Waals surface area contributed by atoms with Crippen LogP contribution in [0.2, 0.25) is 0 Å². The van der Waals surface area contributed by atoms with Gasteiger partial charge in [-0.1, -0.05) is 46.8 Å². The van der Waals surface area contributed by atoms with Gasteiger partial charge in [-0.05, 0) is 35.0 Å². The summed E-state index contributed by atoms with van der Waals surface area (Å²) in [6.45, 7) is 12.0. The zero-order valence-electron chi connectivity index (χ0n) is 9.59. The zero-order valence-corrected chi connectivity index (χ0v) is 9.59. The van der Waals surface area contributed by atoms with Crippen molar-refractivity contribution in [3.05, 3.63) is 12.2 Å². The van der Waals surface area contributed by atoms with E-state index in [0.29, 0.717) is 10.8 Å². The molecule has 0 heteroatoms. The maximum absolute atomic E-state index is 2.48. The number of hydrogen-bond acceptors (Lipinski definition) is 0. The molecular weight excluding hydrogens is 156 g/mol. The molecule has 1 unspecified atom stereocenters. The van der Waals surface area contributed by atoms with E-state index in [0.717, 1.165) is 17.8 Å². The van der Waals surface area contributed by atoms with Crippen LogP contribution in [0.3, 0.4) is 0 Å². The number of hydrogen-bond donors (Lipinski definition) is 0. The van der Waals surface area contributed by atoms with Crippen molar-refractivity contribution in [1.82, 2.24) is 0 Å². The van der Waals surface area contributed by atoms with Crippen LogP contribution in [0.1, 0.15) is 41.0 Å². The first-order chi connectivity index (χ1) is 5.83. The molecule has 0 radical (unpaired) electrons. The second-order valence-electron chi connectivity index (χ2n) is 6.55. The molecular formula is C13H22. The average Bonchev–Trinajstić information content (AvgIpc) is 2.02. The van der Waals surface area contributed by atoms with E-state index in [9.17, 15) is 0 Å². The fraction of sp³-hybridized carbons (Fsp3) is 0.846. The van der Waals surface area contributed by atoms with Gasteiger partial charge in [0.1, 0.15) is 0 Å². The lowest BCUT2D eigenvalue weighted by molar-refractivity contribution is -0.0609. The van der Waals surface area contributed by atoms with E-state index in [1.54, 1.807) is 0 Å². The quantitative estimate of drug-likeness (QED) is 0.494. The van der Waals surface area contributed by atoms with Crippen molar-refractivity contribution in [3.8, 4) is 0 Å². The Morgan fingerprint density at radius 3 is 2.08 bits per heavy atom. The van der Waals surface area contributed by atoms with Gasteiger partial charge in [0.05, 0.1) is 0 Å². The molecule has 0 aromatic heterocycles. The highest BCUT2D eigenvalue weighted by Crippen LogP contribution is 2.61. The maximum atomic E-state index is 2.48. The molecule has 1 fully saturated rings. The third kappa shape index (κ3) is 1.18. The smallest absolute Gasteiger partial charge is 0.0151 e. The minimum atomic E-state index is 0.448. The van der Waals surface area contributed by atoms with Gasteiger partial charge in [-0.3, -0.25) is 0 Å². The second-order valence-corrected chi connectivity index (χ2v) is 6.55. The first-order valence-corrected chi connectivity index (χ1v) is 5.52. The maximum Gasteiger partial charge on any atom is -0.0151 e. The molecule has 13 heavy (non-hydrogen) atoms. The number of allylic oxidation sites excluding steroid dienone is 2. The summed E-state index contributed by atoms with van der Waals surface area (Å²) in [4.78, 5) is 0. The summed E-state index contributed by atoms with van der Waals surface area (Å²) in [5.41, 5.74) is 1.02. The van der Waals surface area contributed by atoms with Crippen LogP contribution in [0.5, 0.6) is 0 Å². The Kier molecular flexibility index (Phi) is 1.72. The van der Waals surface area contributed by atoms with Crippen LogP contribution in [0.25, 0.3) is 0 Å². The van der Waals surface area contributed by atoms with Crippen molar-refractivity contribution < 1.29 is 0 Å². The van der Waals surface area contributed by atoms with Crippen LogP contribution in [-0.4, -0.2) is 0 Å². The Balaban J connectivity index is 2.26. The molecule has 3 atom stereocenters. The molecule has 0 aromatic rings. The zero-order chi connectivity index (χ0) is 9.85. The molecule has 0 aliphatic heterocycles. The lowest BCUT2D eigenvalue weighted by Gasteiger charge is -2.59. The third-order valence-corrected chi connectivity index (χ3v) is 4.40. The third-order valence-electron chi connectivity index (χ3n) is 4.40. The monoisotopic (exact) mass is 178 g/mol. The Labute approximate surface area is 82.4 Å². The van der Waals surface area contributed by atoms with Gasteiger partial charge in [-0.15, -0.1) is 0 Å². The minimum Gasteiger partial charge on any atom is -0.0846 e.